The molecular weight excluding hydrogens is 685 g/mol. The molecule has 0 aliphatic carbocycles. The third-order valence-electron chi connectivity index (χ3n) is 11.1. The van der Waals surface area contributed by atoms with Crippen molar-refractivity contribution in [1.29, 1.82) is 0 Å². The van der Waals surface area contributed by atoms with Crippen LogP contribution in [0.5, 0.6) is 0 Å². The SMILES string of the molecule is c1ccc(-c2cccc(C3N=C(c4ccc5c(c4)oc4c(-n6c7ccccc7c7cc(-c8ccccc8)ccc76)cccc45)NC(c4ccccc4)N3)c2)cc1. The van der Waals surface area contributed by atoms with Crippen molar-refractivity contribution >= 4 is 49.6 Å². The van der Waals surface area contributed by atoms with Crippen molar-refractivity contribution in [2.24, 2.45) is 4.99 Å². The lowest BCUT2D eigenvalue weighted by atomic mass is 10.0. The van der Waals surface area contributed by atoms with Gasteiger partial charge >= 0.3 is 0 Å². The van der Waals surface area contributed by atoms with Crippen molar-refractivity contribution in [2.45, 2.75) is 12.3 Å². The fourth-order valence-corrected chi connectivity index (χ4v) is 8.36. The number of nitrogens with zero attached hydrogens (tertiary/aromatic N) is 2. The number of hydrogen-bond acceptors (Lipinski definition) is 4. The van der Waals surface area contributed by atoms with Crippen LogP contribution in [-0.2, 0) is 0 Å². The molecule has 0 fully saturated rings. The quantitative estimate of drug-likeness (QED) is 0.180. The molecule has 1 aliphatic heterocycles. The molecule has 2 aromatic heterocycles. The fourth-order valence-electron chi connectivity index (χ4n) is 8.36. The van der Waals surface area contributed by atoms with E-state index in [1.54, 1.807) is 0 Å². The minimum atomic E-state index is -0.268. The van der Waals surface area contributed by atoms with E-state index in [9.17, 15) is 0 Å². The average molecular weight is 721 g/mol. The van der Waals surface area contributed by atoms with Crippen LogP contribution in [0.1, 0.15) is 29.0 Å². The second kappa shape index (κ2) is 13.3. The Bertz CT molecular complexity index is 3090. The molecule has 0 radical (unpaired) electrons. The number of amidine groups is 1. The van der Waals surface area contributed by atoms with Crippen molar-refractivity contribution in [3.8, 4) is 27.9 Å². The molecule has 10 aromatic rings. The molecule has 2 unspecified atom stereocenters. The lowest BCUT2D eigenvalue weighted by Gasteiger charge is -2.32. The number of rotatable bonds is 6. The summed E-state index contributed by atoms with van der Waals surface area (Å²) in [5.41, 5.74) is 12.9. The van der Waals surface area contributed by atoms with Crippen molar-refractivity contribution < 1.29 is 4.42 Å². The van der Waals surface area contributed by atoms with Crippen molar-refractivity contribution in [2.75, 3.05) is 0 Å². The van der Waals surface area contributed by atoms with Crippen LogP contribution in [0.25, 0.3) is 71.7 Å². The smallest absolute Gasteiger partial charge is 0.159 e. The molecule has 56 heavy (non-hydrogen) atoms. The van der Waals surface area contributed by atoms with E-state index in [-0.39, 0.29) is 12.3 Å². The molecule has 0 saturated carbocycles. The van der Waals surface area contributed by atoms with Gasteiger partial charge in [-0.1, -0.05) is 152 Å². The third-order valence-corrected chi connectivity index (χ3v) is 11.1. The molecule has 266 valence electrons. The molecule has 0 spiro atoms. The Morgan fingerprint density at radius 3 is 1.88 bits per heavy atom. The van der Waals surface area contributed by atoms with Crippen LogP contribution in [0.4, 0.5) is 0 Å². The second-order valence-corrected chi connectivity index (χ2v) is 14.4. The zero-order chi connectivity index (χ0) is 37.0. The third kappa shape index (κ3) is 5.48. The largest absolute Gasteiger partial charge is 0.454 e. The minimum Gasteiger partial charge on any atom is -0.454 e. The summed E-state index contributed by atoms with van der Waals surface area (Å²) in [6.07, 6.45) is -0.416. The van der Waals surface area contributed by atoms with E-state index < -0.39 is 0 Å². The maximum Gasteiger partial charge on any atom is 0.159 e. The lowest BCUT2D eigenvalue weighted by molar-refractivity contribution is 0.409. The van der Waals surface area contributed by atoms with Crippen LogP contribution in [0.2, 0.25) is 0 Å². The summed E-state index contributed by atoms with van der Waals surface area (Å²) >= 11 is 0. The number of fused-ring (bicyclic) bond motifs is 6. The van der Waals surface area contributed by atoms with E-state index in [4.69, 9.17) is 9.41 Å². The summed E-state index contributed by atoms with van der Waals surface area (Å²) in [6, 6.07) is 68.6. The minimum absolute atomic E-state index is 0.148. The molecule has 2 atom stereocenters. The number of furan rings is 1. The number of hydrogen-bond donors (Lipinski definition) is 2. The van der Waals surface area contributed by atoms with E-state index in [2.05, 4.69) is 197 Å². The molecule has 0 saturated heterocycles. The van der Waals surface area contributed by atoms with Crippen molar-refractivity contribution in [3.05, 3.63) is 211 Å². The Balaban J connectivity index is 1.03. The summed E-state index contributed by atoms with van der Waals surface area (Å²) in [4.78, 5) is 5.30. The fraction of sp³-hybridized carbons (Fsp3) is 0.0392. The van der Waals surface area contributed by atoms with Gasteiger partial charge in [0.25, 0.3) is 0 Å². The summed E-state index contributed by atoms with van der Waals surface area (Å²) in [6.45, 7) is 0. The molecule has 3 heterocycles. The van der Waals surface area contributed by atoms with Gasteiger partial charge in [-0.2, -0.15) is 0 Å². The predicted octanol–water partition coefficient (Wildman–Crippen LogP) is 12.4. The summed E-state index contributed by atoms with van der Waals surface area (Å²) in [5.74, 6) is 0.812. The van der Waals surface area contributed by atoms with Gasteiger partial charge in [0.2, 0.25) is 0 Å². The summed E-state index contributed by atoms with van der Waals surface area (Å²) in [7, 11) is 0. The highest BCUT2D eigenvalue weighted by molar-refractivity contribution is 6.14. The van der Waals surface area contributed by atoms with Gasteiger partial charge in [0.05, 0.1) is 16.7 Å². The number of nitrogens with one attached hydrogen (secondary N) is 2. The molecule has 0 amide bonds. The van der Waals surface area contributed by atoms with Gasteiger partial charge in [-0.15, -0.1) is 0 Å². The predicted molar refractivity (Wildman–Crippen MR) is 230 cm³/mol. The van der Waals surface area contributed by atoms with Crippen LogP contribution in [0.15, 0.2) is 204 Å². The number of aromatic nitrogens is 1. The Morgan fingerprint density at radius 2 is 1.07 bits per heavy atom. The van der Waals surface area contributed by atoms with Crippen LogP contribution in [0.3, 0.4) is 0 Å². The maximum absolute atomic E-state index is 6.90. The first-order valence-electron chi connectivity index (χ1n) is 19.1. The first-order chi connectivity index (χ1) is 27.7. The van der Waals surface area contributed by atoms with Gasteiger partial charge in [-0.3, -0.25) is 5.32 Å². The molecule has 8 aromatic carbocycles. The number of benzene rings is 8. The zero-order valence-corrected chi connectivity index (χ0v) is 30.4. The lowest BCUT2D eigenvalue weighted by Crippen LogP contribution is -2.44. The molecule has 2 N–H and O–H groups in total. The van der Waals surface area contributed by atoms with E-state index in [0.717, 1.165) is 66.7 Å². The van der Waals surface area contributed by atoms with E-state index >= 15 is 0 Å². The van der Waals surface area contributed by atoms with Gasteiger partial charge in [0.15, 0.2) is 5.58 Å². The standard InChI is InChI=1S/C51H36N4O/c1-4-14-33(15-5-1)36-20-12-21-38(30-36)50-52-49(35-18-8-3-9-19-35)53-51(54-50)39-26-28-41-42-23-13-25-46(48(42)56-47(41)32-39)55-44-24-11-10-22-40(44)43-31-37(27-29-45(43)55)34-16-6-2-7-17-34/h1-32,49-50,52H,(H,53,54). The Labute approximate surface area is 324 Å². The van der Waals surface area contributed by atoms with Crippen LogP contribution in [0, 0.1) is 0 Å². The highest BCUT2D eigenvalue weighted by Crippen LogP contribution is 2.40. The highest BCUT2D eigenvalue weighted by atomic mass is 16.3. The average Bonchev–Trinajstić information content (AvgIpc) is 3.82. The van der Waals surface area contributed by atoms with Gasteiger partial charge in [-0.25, -0.2) is 4.99 Å². The van der Waals surface area contributed by atoms with Crippen LogP contribution < -0.4 is 10.6 Å². The summed E-state index contributed by atoms with van der Waals surface area (Å²) in [5, 5.41) is 12.0. The van der Waals surface area contributed by atoms with E-state index in [1.165, 1.54) is 27.5 Å². The van der Waals surface area contributed by atoms with Gasteiger partial charge < -0.3 is 14.3 Å². The van der Waals surface area contributed by atoms with Crippen LogP contribution in [-0.4, -0.2) is 10.4 Å². The Morgan fingerprint density at radius 1 is 0.446 bits per heavy atom. The zero-order valence-electron chi connectivity index (χ0n) is 30.4. The highest BCUT2D eigenvalue weighted by Gasteiger charge is 2.26. The molecule has 0 bridgehead atoms. The van der Waals surface area contributed by atoms with E-state index in [0.29, 0.717) is 0 Å². The first-order valence-corrected chi connectivity index (χ1v) is 19.1. The molecule has 1 aliphatic rings. The van der Waals surface area contributed by atoms with Gasteiger partial charge in [0.1, 0.15) is 23.8 Å². The first kappa shape index (κ1) is 32.2. The number of para-hydroxylation sites is 2. The Hall–Kier alpha value is -7.21. The maximum atomic E-state index is 6.90. The topological polar surface area (TPSA) is 54.5 Å². The molecular formula is C51H36N4O. The van der Waals surface area contributed by atoms with Crippen LogP contribution >= 0.6 is 0 Å². The van der Waals surface area contributed by atoms with Gasteiger partial charge in [-0.05, 0) is 75.8 Å². The van der Waals surface area contributed by atoms with Crippen molar-refractivity contribution in [1.82, 2.24) is 15.2 Å². The molecule has 5 nitrogen and oxygen atoms in total. The van der Waals surface area contributed by atoms with Gasteiger partial charge in [0, 0.05) is 27.1 Å². The van der Waals surface area contributed by atoms with Crippen molar-refractivity contribution in [3.63, 3.8) is 0 Å². The summed E-state index contributed by atoms with van der Waals surface area (Å²) < 4.78 is 9.25. The monoisotopic (exact) mass is 720 g/mol. The molecule has 11 rings (SSSR count). The molecule has 5 heteroatoms. The number of aliphatic imine (C=N–C) groups is 1. The second-order valence-electron chi connectivity index (χ2n) is 14.4. The van der Waals surface area contributed by atoms with E-state index in [1.807, 2.05) is 12.1 Å². The Kier molecular flexibility index (Phi) is 7.64. The normalized spacial score (nSPS) is 15.7.